The topological polar surface area (TPSA) is 112 Å². The van der Waals surface area contributed by atoms with Crippen molar-refractivity contribution >= 4 is 39.9 Å². The van der Waals surface area contributed by atoms with Crippen LogP contribution in [0.1, 0.15) is 15.9 Å². The van der Waals surface area contributed by atoms with E-state index in [0.29, 0.717) is 21.5 Å². The summed E-state index contributed by atoms with van der Waals surface area (Å²) in [4.78, 5) is 24.0. The number of thiophene rings is 1. The molecule has 0 unspecified atom stereocenters. The summed E-state index contributed by atoms with van der Waals surface area (Å²) < 4.78 is 7.17. The molecule has 4 rings (SSSR count). The summed E-state index contributed by atoms with van der Waals surface area (Å²) in [6, 6.07) is 17.1. The first-order chi connectivity index (χ1) is 16.0. The molecular weight excluding hydrogens is 458 g/mol. The van der Waals surface area contributed by atoms with Gasteiger partial charge in [0.05, 0.1) is 18.4 Å². The van der Waals surface area contributed by atoms with Crippen LogP contribution < -0.4 is 15.8 Å². The van der Waals surface area contributed by atoms with Crippen molar-refractivity contribution in [3.05, 3.63) is 71.1 Å². The third-order valence-electron chi connectivity index (χ3n) is 4.79. The van der Waals surface area contributed by atoms with Crippen molar-refractivity contribution < 1.29 is 14.3 Å². The van der Waals surface area contributed by atoms with Gasteiger partial charge in [0.2, 0.25) is 5.91 Å². The van der Waals surface area contributed by atoms with Gasteiger partial charge in [-0.15, -0.1) is 21.5 Å². The number of rotatable bonds is 8. The second kappa shape index (κ2) is 9.88. The molecule has 2 aromatic carbocycles. The standard InChI is InChI=1S/C23H21N5O3S2/c1-14-3-7-16(8-4-14)28-21(15-5-9-17(31-2)10-6-15)26-27-23(28)33-13-19(29)25-22-18(20(24)30)11-12-32-22/h3-12H,13H2,1-2H3,(H2,24,30)(H,25,29). The zero-order chi connectivity index (χ0) is 23.4. The molecule has 168 valence electrons. The lowest BCUT2D eigenvalue weighted by Gasteiger charge is -2.11. The third-order valence-corrected chi connectivity index (χ3v) is 6.55. The van der Waals surface area contributed by atoms with E-state index in [-0.39, 0.29) is 11.7 Å². The largest absolute Gasteiger partial charge is 0.497 e. The van der Waals surface area contributed by atoms with Gasteiger partial charge in [-0.25, -0.2) is 0 Å². The average Bonchev–Trinajstić information content (AvgIpc) is 3.45. The highest BCUT2D eigenvalue weighted by molar-refractivity contribution is 7.99. The quantitative estimate of drug-likeness (QED) is 0.367. The van der Waals surface area contributed by atoms with E-state index >= 15 is 0 Å². The third kappa shape index (κ3) is 5.07. The maximum atomic E-state index is 12.5. The number of carbonyl (C=O) groups excluding carboxylic acids is 2. The second-order valence-corrected chi connectivity index (χ2v) is 8.93. The molecule has 8 nitrogen and oxygen atoms in total. The maximum Gasteiger partial charge on any atom is 0.251 e. The molecule has 0 aliphatic rings. The van der Waals surface area contributed by atoms with Gasteiger partial charge in [0, 0.05) is 11.3 Å². The summed E-state index contributed by atoms with van der Waals surface area (Å²) in [6.07, 6.45) is 0. The van der Waals surface area contributed by atoms with Crippen LogP contribution in [0.15, 0.2) is 65.1 Å². The summed E-state index contributed by atoms with van der Waals surface area (Å²) in [5.74, 6) is 0.633. The summed E-state index contributed by atoms with van der Waals surface area (Å²) in [5.41, 5.74) is 8.53. The van der Waals surface area contributed by atoms with Gasteiger partial charge in [-0.2, -0.15) is 0 Å². The molecule has 4 aromatic rings. The Hall–Kier alpha value is -3.63. The Morgan fingerprint density at radius 3 is 2.48 bits per heavy atom. The fourth-order valence-corrected chi connectivity index (χ4v) is 4.67. The lowest BCUT2D eigenvalue weighted by atomic mass is 10.2. The zero-order valence-electron chi connectivity index (χ0n) is 17.9. The van der Waals surface area contributed by atoms with Gasteiger partial charge in [0.25, 0.3) is 5.91 Å². The second-order valence-electron chi connectivity index (χ2n) is 7.07. The number of hydrogen-bond acceptors (Lipinski definition) is 7. The number of aryl methyl sites for hydroxylation is 1. The first kappa shape index (κ1) is 22.6. The van der Waals surface area contributed by atoms with Crippen molar-refractivity contribution in [1.82, 2.24) is 14.8 Å². The number of nitrogens with two attached hydrogens (primary N) is 1. The van der Waals surface area contributed by atoms with Gasteiger partial charge in [-0.3, -0.25) is 14.2 Å². The van der Waals surface area contributed by atoms with Crippen LogP contribution in [0.3, 0.4) is 0 Å². The minimum absolute atomic E-state index is 0.0860. The van der Waals surface area contributed by atoms with Crippen LogP contribution in [0.2, 0.25) is 0 Å². The van der Waals surface area contributed by atoms with Crippen LogP contribution in [0.4, 0.5) is 5.00 Å². The molecule has 2 heterocycles. The first-order valence-electron chi connectivity index (χ1n) is 9.93. The number of benzene rings is 2. The molecule has 0 radical (unpaired) electrons. The molecule has 10 heteroatoms. The summed E-state index contributed by atoms with van der Waals surface area (Å²) >= 11 is 2.50. The molecule has 0 saturated heterocycles. The van der Waals surface area contributed by atoms with E-state index in [1.165, 1.54) is 23.1 Å². The lowest BCUT2D eigenvalue weighted by Crippen LogP contribution is -2.18. The van der Waals surface area contributed by atoms with Gasteiger partial charge >= 0.3 is 0 Å². The Morgan fingerprint density at radius 1 is 1.09 bits per heavy atom. The van der Waals surface area contributed by atoms with Gasteiger partial charge in [0.1, 0.15) is 10.8 Å². The van der Waals surface area contributed by atoms with Crippen molar-refractivity contribution in [2.24, 2.45) is 5.73 Å². The number of ether oxygens (including phenoxy) is 1. The molecule has 0 aliphatic carbocycles. The Bertz CT molecular complexity index is 1280. The van der Waals surface area contributed by atoms with Crippen molar-refractivity contribution in [2.45, 2.75) is 12.1 Å². The van der Waals surface area contributed by atoms with Crippen LogP contribution in [-0.2, 0) is 4.79 Å². The molecule has 0 aliphatic heterocycles. The number of amides is 2. The number of carbonyl (C=O) groups is 2. The molecule has 2 amide bonds. The summed E-state index contributed by atoms with van der Waals surface area (Å²) in [7, 11) is 1.62. The highest BCUT2D eigenvalue weighted by atomic mass is 32.2. The van der Waals surface area contributed by atoms with E-state index in [4.69, 9.17) is 10.5 Å². The number of primary amides is 1. The molecule has 0 fully saturated rings. The minimum Gasteiger partial charge on any atom is -0.497 e. The fraction of sp³-hybridized carbons (Fsp3) is 0.130. The van der Waals surface area contributed by atoms with Crippen molar-refractivity contribution in [2.75, 3.05) is 18.2 Å². The minimum atomic E-state index is -0.581. The molecule has 2 aromatic heterocycles. The predicted molar refractivity (Wildman–Crippen MR) is 130 cm³/mol. The molecule has 3 N–H and O–H groups in total. The van der Waals surface area contributed by atoms with Crippen LogP contribution in [-0.4, -0.2) is 39.4 Å². The van der Waals surface area contributed by atoms with Crippen LogP contribution in [0, 0.1) is 6.92 Å². The van der Waals surface area contributed by atoms with Crippen LogP contribution in [0.25, 0.3) is 17.1 Å². The number of nitrogens with zero attached hydrogens (tertiary/aromatic N) is 3. The van der Waals surface area contributed by atoms with Crippen LogP contribution >= 0.6 is 23.1 Å². The van der Waals surface area contributed by atoms with Gasteiger partial charge < -0.3 is 15.8 Å². The fourth-order valence-electron chi connectivity index (χ4n) is 3.11. The Morgan fingerprint density at radius 2 is 1.82 bits per heavy atom. The lowest BCUT2D eigenvalue weighted by molar-refractivity contribution is -0.113. The zero-order valence-corrected chi connectivity index (χ0v) is 19.6. The Balaban J connectivity index is 1.60. The van der Waals surface area contributed by atoms with E-state index in [1.54, 1.807) is 18.6 Å². The molecule has 0 spiro atoms. The predicted octanol–water partition coefficient (Wildman–Crippen LogP) is 4.14. The normalized spacial score (nSPS) is 10.7. The smallest absolute Gasteiger partial charge is 0.251 e. The van der Waals surface area contributed by atoms with Crippen molar-refractivity contribution in [3.63, 3.8) is 0 Å². The van der Waals surface area contributed by atoms with E-state index in [0.717, 1.165) is 22.6 Å². The maximum absolute atomic E-state index is 12.5. The molecular formula is C23H21N5O3S2. The van der Waals surface area contributed by atoms with Gasteiger partial charge in [0.15, 0.2) is 11.0 Å². The number of aromatic nitrogens is 3. The number of nitrogens with one attached hydrogen (secondary N) is 1. The van der Waals surface area contributed by atoms with Crippen LogP contribution in [0.5, 0.6) is 5.75 Å². The van der Waals surface area contributed by atoms with Gasteiger partial charge in [-0.05, 0) is 54.8 Å². The molecule has 0 bridgehead atoms. The molecule has 33 heavy (non-hydrogen) atoms. The van der Waals surface area contributed by atoms with E-state index < -0.39 is 5.91 Å². The Labute approximate surface area is 198 Å². The highest BCUT2D eigenvalue weighted by Crippen LogP contribution is 2.30. The van der Waals surface area contributed by atoms with Crippen molar-refractivity contribution in [3.8, 4) is 22.8 Å². The van der Waals surface area contributed by atoms with Crippen molar-refractivity contribution in [1.29, 1.82) is 0 Å². The first-order valence-corrected chi connectivity index (χ1v) is 11.8. The number of thioether (sulfide) groups is 1. The number of hydrogen-bond donors (Lipinski definition) is 2. The van der Waals surface area contributed by atoms with E-state index in [1.807, 2.05) is 60.0 Å². The number of methoxy groups -OCH3 is 1. The average molecular weight is 480 g/mol. The SMILES string of the molecule is COc1ccc(-c2nnc(SCC(=O)Nc3sccc3C(N)=O)n2-c2ccc(C)cc2)cc1. The van der Waals surface area contributed by atoms with E-state index in [9.17, 15) is 9.59 Å². The summed E-state index contributed by atoms with van der Waals surface area (Å²) in [5, 5.41) is 14.2. The summed E-state index contributed by atoms with van der Waals surface area (Å²) in [6.45, 7) is 2.02. The molecule has 0 atom stereocenters. The van der Waals surface area contributed by atoms with Gasteiger partial charge in [-0.1, -0.05) is 29.5 Å². The van der Waals surface area contributed by atoms with E-state index in [2.05, 4.69) is 15.5 Å². The Kier molecular flexibility index (Phi) is 6.76. The number of anilines is 1. The highest BCUT2D eigenvalue weighted by Gasteiger charge is 2.18. The molecule has 0 saturated carbocycles. The monoisotopic (exact) mass is 479 g/mol.